The lowest BCUT2D eigenvalue weighted by molar-refractivity contribution is -0.139. The Labute approximate surface area is 105 Å². The van der Waals surface area contributed by atoms with Crippen LogP contribution in [0, 0.1) is 13.8 Å². The van der Waals surface area contributed by atoms with E-state index >= 15 is 0 Å². The lowest BCUT2D eigenvalue weighted by Crippen LogP contribution is -2.36. The maximum absolute atomic E-state index is 10.9. The van der Waals surface area contributed by atoms with Gasteiger partial charge in [0, 0.05) is 5.75 Å². The van der Waals surface area contributed by atoms with E-state index in [1.165, 1.54) is 11.8 Å². The second-order valence-corrected chi connectivity index (χ2v) is 4.75. The lowest BCUT2D eigenvalue weighted by Gasteiger charge is -2.11. The number of aromatic nitrogens is 1. The summed E-state index contributed by atoms with van der Waals surface area (Å²) in [5.41, 5.74) is 0.883. The van der Waals surface area contributed by atoms with Crippen molar-refractivity contribution in [3.63, 3.8) is 0 Å². The highest BCUT2D eigenvalue weighted by molar-refractivity contribution is 7.99. The van der Waals surface area contributed by atoms with Crippen LogP contribution >= 0.6 is 11.8 Å². The van der Waals surface area contributed by atoms with Gasteiger partial charge in [-0.3, -0.25) is 4.79 Å². The molecule has 6 heteroatoms. The van der Waals surface area contributed by atoms with Crippen molar-refractivity contribution in [3.8, 4) is 0 Å². The summed E-state index contributed by atoms with van der Waals surface area (Å²) in [7, 11) is 0. The Bertz CT molecular complexity index is 359. The van der Waals surface area contributed by atoms with E-state index in [1.807, 2.05) is 20.8 Å². The van der Waals surface area contributed by atoms with Crippen molar-refractivity contribution in [2.45, 2.75) is 38.5 Å². The summed E-state index contributed by atoms with van der Waals surface area (Å²) in [5.74, 6) is 0.671. The van der Waals surface area contributed by atoms with Crippen LogP contribution in [0.3, 0.4) is 0 Å². The van der Waals surface area contributed by atoms with Gasteiger partial charge in [0.1, 0.15) is 11.8 Å². The summed E-state index contributed by atoms with van der Waals surface area (Å²) >= 11 is 1.45. The van der Waals surface area contributed by atoms with Crippen LogP contribution in [0.4, 0.5) is 0 Å². The van der Waals surface area contributed by atoms with Crippen molar-refractivity contribution in [1.29, 1.82) is 0 Å². The molecule has 0 aliphatic rings. The number of carboxylic acids is 1. The van der Waals surface area contributed by atoms with Crippen LogP contribution in [0.2, 0.25) is 0 Å². The zero-order valence-electron chi connectivity index (χ0n) is 10.3. The fourth-order valence-corrected chi connectivity index (χ4v) is 2.24. The minimum absolute atomic E-state index is 0.496. The minimum atomic E-state index is -0.813. The number of hydrogen-bond acceptors (Lipinski definition) is 5. The van der Waals surface area contributed by atoms with Crippen LogP contribution in [0.25, 0.3) is 0 Å². The van der Waals surface area contributed by atoms with Gasteiger partial charge in [-0.25, -0.2) is 4.98 Å². The summed E-state index contributed by atoms with van der Waals surface area (Å²) < 4.78 is 5.40. The number of thioether (sulfide) groups is 1. The van der Waals surface area contributed by atoms with Crippen LogP contribution in [-0.2, 0) is 4.79 Å². The predicted molar refractivity (Wildman–Crippen MR) is 66.4 cm³/mol. The summed E-state index contributed by atoms with van der Waals surface area (Å²) in [4.78, 5) is 15.1. The molecular formula is C11H18N2O3S. The standard InChI is InChI=1S/C11H18N2O3S/c1-4-12-9(10(14)15)5-6-17-11-13-7(2)8(3)16-11/h9,12H,4-6H2,1-3H3,(H,14,15). The molecule has 1 aromatic heterocycles. The Morgan fingerprint density at radius 2 is 2.29 bits per heavy atom. The molecule has 2 N–H and O–H groups in total. The number of aryl methyl sites for hydroxylation is 2. The molecule has 17 heavy (non-hydrogen) atoms. The van der Waals surface area contributed by atoms with Gasteiger partial charge in [-0.05, 0) is 26.8 Å². The molecule has 0 saturated heterocycles. The quantitative estimate of drug-likeness (QED) is 0.727. The van der Waals surface area contributed by atoms with Gasteiger partial charge in [0.2, 0.25) is 0 Å². The Morgan fingerprint density at radius 3 is 2.76 bits per heavy atom. The van der Waals surface area contributed by atoms with Gasteiger partial charge in [0.05, 0.1) is 5.69 Å². The highest BCUT2D eigenvalue weighted by Gasteiger charge is 2.16. The molecule has 5 nitrogen and oxygen atoms in total. The van der Waals surface area contributed by atoms with E-state index in [2.05, 4.69) is 10.3 Å². The summed E-state index contributed by atoms with van der Waals surface area (Å²) in [5, 5.41) is 12.5. The summed E-state index contributed by atoms with van der Waals surface area (Å²) in [6, 6.07) is -0.496. The molecule has 0 aromatic carbocycles. The van der Waals surface area contributed by atoms with E-state index in [0.717, 1.165) is 11.5 Å². The normalized spacial score (nSPS) is 12.6. The topological polar surface area (TPSA) is 75.4 Å². The molecule has 1 aromatic rings. The average Bonchev–Trinajstić information content (AvgIpc) is 2.57. The fraction of sp³-hybridized carbons (Fsp3) is 0.636. The first kappa shape index (κ1) is 14.1. The zero-order chi connectivity index (χ0) is 12.8. The monoisotopic (exact) mass is 258 g/mol. The van der Waals surface area contributed by atoms with Gasteiger partial charge < -0.3 is 14.8 Å². The van der Waals surface area contributed by atoms with E-state index in [4.69, 9.17) is 9.52 Å². The van der Waals surface area contributed by atoms with Gasteiger partial charge >= 0.3 is 5.97 Å². The van der Waals surface area contributed by atoms with Crippen molar-refractivity contribution in [1.82, 2.24) is 10.3 Å². The molecule has 0 saturated carbocycles. The number of likely N-dealkylation sites (N-methyl/N-ethyl adjacent to an activating group) is 1. The molecule has 1 rings (SSSR count). The van der Waals surface area contributed by atoms with Crippen LogP contribution in [0.5, 0.6) is 0 Å². The minimum Gasteiger partial charge on any atom is -0.480 e. The molecule has 96 valence electrons. The van der Waals surface area contributed by atoms with Gasteiger partial charge in [-0.2, -0.15) is 0 Å². The number of rotatable bonds is 7. The number of aliphatic carboxylic acids is 1. The fourth-order valence-electron chi connectivity index (χ4n) is 1.33. The Morgan fingerprint density at radius 1 is 1.59 bits per heavy atom. The number of nitrogens with zero attached hydrogens (tertiary/aromatic N) is 1. The molecule has 1 unspecified atom stereocenters. The van der Waals surface area contributed by atoms with Gasteiger partial charge in [0.15, 0.2) is 0 Å². The summed E-state index contributed by atoms with van der Waals surface area (Å²) in [6.45, 7) is 6.30. The predicted octanol–water partition coefficient (Wildman–Crippen LogP) is 1.84. The SMILES string of the molecule is CCNC(CCSc1nc(C)c(C)o1)C(=O)O. The third-order valence-electron chi connectivity index (χ3n) is 2.39. The third kappa shape index (κ3) is 4.40. The largest absolute Gasteiger partial charge is 0.480 e. The average molecular weight is 258 g/mol. The van der Waals surface area contributed by atoms with E-state index in [-0.39, 0.29) is 0 Å². The van der Waals surface area contributed by atoms with E-state index in [0.29, 0.717) is 23.9 Å². The first-order valence-corrected chi connectivity index (χ1v) is 6.56. The van der Waals surface area contributed by atoms with Crippen LogP contribution in [0.1, 0.15) is 24.8 Å². The third-order valence-corrected chi connectivity index (χ3v) is 3.25. The lowest BCUT2D eigenvalue weighted by atomic mass is 10.2. The molecule has 1 atom stereocenters. The molecule has 0 bridgehead atoms. The van der Waals surface area contributed by atoms with Crippen molar-refractivity contribution in [2.75, 3.05) is 12.3 Å². The highest BCUT2D eigenvalue weighted by Crippen LogP contribution is 2.21. The molecule has 0 spiro atoms. The Hall–Kier alpha value is -1.01. The molecular weight excluding hydrogens is 240 g/mol. The van der Waals surface area contributed by atoms with E-state index < -0.39 is 12.0 Å². The highest BCUT2D eigenvalue weighted by atomic mass is 32.2. The van der Waals surface area contributed by atoms with Crippen LogP contribution in [0.15, 0.2) is 9.64 Å². The van der Waals surface area contributed by atoms with Crippen LogP contribution < -0.4 is 5.32 Å². The van der Waals surface area contributed by atoms with E-state index in [1.54, 1.807) is 0 Å². The maximum atomic E-state index is 10.9. The number of carboxylic acid groups (broad SMARTS) is 1. The van der Waals surface area contributed by atoms with Crippen molar-refractivity contribution < 1.29 is 14.3 Å². The number of carbonyl (C=O) groups is 1. The van der Waals surface area contributed by atoms with Crippen molar-refractivity contribution in [3.05, 3.63) is 11.5 Å². The molecule has 0 radical (unpaired) electrons. The molecule has 0 aliphatic carbocycles. The number of oxazole rings is 1. The van der Waals surface area contributed by atoms with Gasteiger partial charge in [-0.1, -0.05) is 18.7 Å². The maximum Gasteiger partial charge on any atom is 0.320 e. The second-order valence-electron chi connectivity index (χ2n) is 3.71. The number of hydrogen-bond donors (Lipinski definition) is 2. The van der Waals surface area contributed by atoms with E-state index in [9.17, 15) is 4.79 Å². The van der Waals surface area contributed by atoms with Crippen molar-refractivity contribution >= 4 is 17.7 Å². The Balaban J connectivity index is 2.38. The van der Waals surface area contributed by atoms with Crippen LogP contribution in [-0.4, -0.2) is 34.4 Å². The molecule has 0 fully saturated rings. The van der Waals surface area contributed by atoms with Gasteiger partial charge in [-0.15, -0.1) is 0 Å². The van der Waals surface area contributed by atoms with Gasteiger partial charge in [0.25, 0.3) is 5.22 Å². The molecule has 0 amide bonds. The molecule has 1 heterocycles. The smallest absolute Gasteiger partial charge is 0.320 e. The molecule has 0 aliphatic heterocycles. The first-order valence-electron chi connectivity index (χ1n) is 5.57. The summed E-state index contributed by atoms with van der Waals surface area (Å²) in [6.07, 6.45) is 0.550. The van der Waals surface area contributed by atoms with Crippen molar-refractivity contribution in [2.24, 2.45) is 0 Å². The zero-order valence-corrected chi connectivity index (χ0v) is 11.1. The Kier molecular flexibility index (Phi) is 5.50. The first-order chi connectivity index (χ1) is 8.04. The number of nitrogens with one attached hydrogen (secondary N) is 1. The second kappa shape index (κ2) is 6.66.